The van der Waals surface area contributed by atoms with Gasteiger partial charge in [-0.3, -0.25) is 10.1 Å². The van der Waals surface area contributed by atoms with Gasteiger partial charge in [-0.2, -0.15) is 0 Å². The van der Waals surface area contributed by atoms with Crippen LogP contribution in [0.5, 0.6) is 0 Å². The minimum atomic E-state index is -0.0283. The van der Waals surface area contributed by atoms with Gasteiger partial charge >= 0.3 is 0 Å². The molecule has 1 N–H and O–H groups in total. The molecule has 1 atom stereocenters. The topological polar surface area (TPSA) is 50.8 Å². The summed E-state index contributed by atoms with van der Waals surface area (Å²) in [6.45, 7) is 2.66. The summed E-state index contributed by atoms with van der Waals surface area (Å²) in [4.78, 5) is 14.1. The molecule has 0 aliphatic carbocycles. The van der Waals surface area contributed by atoms with Crippen LogP contribution < -0.4 is 5.32 Å². The number of methoxy groups -OCH3 is 2. The van der Waals surface area contributed by atoms with Crippen molar-refractivity contribution in [3.63, 3.8) is 0 Å². The van der Waals surface area contributed by atoms with E-state index in [4.69, 9.17) is 9.47 Å². The molecule has 1 saturated heterocycles. The summed E-state index contributed by atoms with van der Waals surface area (Å²) in [7, 11) is 3.33. The Hall–Kier alpha value is -0.300. The molecule has 0 spiro atoms. The quantitative estimate of drug-likeness (QED) is 0.632. The molecule has 5 nitrogen and oxygen atoms in total. The van der Waals surface area contributed by atoms with E-state index in [0.29, 0.717) is 19.8 Å². The van der Waals surface area contributed by atoms with E-state index in [0.717, 1.165) is 24.6 Å². The molecule has 1 fully saturated rings. The first-order chi connectivity index (χ1) is 8.29. The third-order valence-electron chi connectivity index (χ3n) is 2.67. The number of rotatable bonds is 8. The van der Waals surface area contributed by atoms with Gasteiger partial charge < -0.3 is 14.4 Å². The van der Waals surface area contributed by atoms with E-state index in [-0.39, 0.29) is 11.9 Å². The zero-order valence-electron chi connectivity index (χ0n) is 10.6. The number of carbonyl (C=O) groups excluding carboxylic acids is 1. The number of ether oxygens (including phenoxy) is 2. The maximum Gasteiger partial charge on any atom is 0.240 e. The molecule has 6 heteroatoms. The van der Waals surface area contributed by atoms with Gasteiger partial charge in [-0.05, 0) is 6.42 Å². The largest absolute Gasteiger partial charge is 0.385 e. The molecule has 1 amide bonds. The van der Waals surface area contributed by atoms with Crippen molar-refractivity contribution in [2.24, 2.45) is 0 Å². The highest BCUT2D eigenvalue weighted by Crippen LogP contribution is 2.12. The first-order valence-corrected chi connectivity index (χ1v) is 7.03. The van der Waals surface area contributed by atoms with Crippen molar-refractivity contribution in [2.45, 2.75) is 12.5 Å². The van der Waals surface area contributed by atoms with Gasteiger partial charge in [-0.15, -0.1) is 11.8 Å². The van der Waals surface area contributed by atoms with E-state index in [2.05, 4.69) is 5.32 Å². The molecule has 0 radical (unpaired) electrons. The molecule has 0 aromatic heterocycles. The Morgan fingerprint density at radius 1 is 1.35 bits per heavy atom. The molecule has 1 rings (SSSR count). The standard InChI is InChI=1S/C11H22N2O3S/c1-15-6-3-4-13(5-7-16-2)11(14)10-8-17-9-12-10/h10,12H,3-9H2,1-2H3. The number of nitrogens with zero attached hydrogens (tertiary/aromatic N) is 1. The van der Waals surface area contributed by atoms with E-state index in [1.54, 1.807) is 26.0 Å². The van der Waals surface area contributed by atoms with Crippen molar-refractivity contribution in [3.8, 4) is 0 Å². The molecule has 1 aliphatic heterocycles. The van der Waals surface area contributed by atoms with E-state index in [1.807, 2.05) is 4.90 Å². The summed E-state index contributed by atoms with van der Waals surface area (Å²) in [5, 5.41) is 3.20. The molecule has 0 aromatic rings. The summed E-state index contributed by atoms with van der Waals surface area (Å²) in [6.07, 6.45) is 0.867. The molecule has 0 aromatic carbocycles. The van der Waals surface area contributed by atoms with Gasteiger partial charge in [-0.25, -0.2) is 0 Å². The van der Waals surface area contributed by atoms with E-state index >= 15 is 0 Å². The Balaban J connectivity index is 2.39. The van der Waals surface area contributed by atoms with Gasteiger partial charge in [0.1, 0.15) is 0 Å². The van der Waals surface area contributed by atoms with Crippen LogP contribution in [-0.4, -0.2) is 69.0 Å². The minimum absolute atomic E-state index is 0.0283. The lowest BCUT2D eigenvalue weighted by molar-refractivity contribution is -0.133. The first-order valence-electron chi connectivity index (χ1n) is 5.87. The van der Waals surface area contributed by atoms with Crippen molar-refractivity contribution in [2.75, 3.05) is 52.2 Å². The number of hydrogen-bond acceptors (Lipinski definition) is 5. The number of thioether (sulfide) groups is 1. The summed E-state index contributed by atoms with van der Waals surface area (Å²) in [6, 6.07) is -0.0283. The zero-order valence-corrected chi connectivity index (χ0v) is 11.4. The molecular weight excluding hydrogens is 240 g/mol. The third-order valence-corrected chi connectivity index (χ3v) is 3.61. The fraction of sp³-hybridized carbons (Fsp3) is 0.909. The normalized spacial score (nSPS) is 19.5. The van der Waals surface area contributed by atoms with Crippen LogP contribution in [0.25, 0.3) is 0 Å². The summed E-state index contributed by atoms with van der Waals surface area (Å²) in [5.74, 6) is 1.92. The fourth-order valence-corrected chi connectivity index (χ4v) is 2.64. The van der Waals surface area contributed by atoms with Crippen LogP contribution in [0.2, 0.25) is 0 Å². The fourth-order valence-electron chi connectivity index (χ4n) is 1.71. The Morgan fingerprint density at radius 2 is 2.12 bits per heavy atom. The Labute approximate surface area is 107 Å². The van der Waals surface area contributed by atoms with Crippen molar-refractivity contribution >= 4 is 17.7 Å². The second kappa shape index (κ2) is 8.74. The first kappa shape index (κ1) is 14.8. The smallest absolute Gasteiger partial charge is 0.240 e. The van der Waals surface area contributed by atoms with Crippen molar-refractivity contribution in [1.82, 2.24) is 10.2 Å². The Morgan fingerprint density at radius 3 is 2.71 bits per heavy atom. The van der Waals surface area contributed by atoms with Gasteiger partial charge in [0.05, 0.1) is 12.6 Å². The van der Waals surface area contributed by atoms with Crippen molar-refractivity contribution < 1.29 is 14.3 Å². The van der Waals surface area contributed by atoms with Gasteiger partial charge in [-0.1, -0.05) is 0 Å². The van der Waals surface area contributed by atoms with Gasteiger partial charge in [0.25, 0.3) is 0 Å². The number of carbonyl (C=O) groups is 1. The summed E-state index contributed by atoms with van der Waals surface area (Å²) < 4.78 is 10.1. The predicted octanol–water partition coefficient (Wildman–Crippen LogP) is 0.160. The molecule has 1 unspecified atom stereocenters. The predicted molar refractivity (Wildman–Crippen MR) is 69.2 cm³/mol. The van der Waals surface area contributed by atoms with E-state index in [9.17, 15) is 4.79 Å². The van der Waals surface area contributed by atoms with Gasteiger partial charge in [0.15, 0.2) is 0 Å². The van der Waals surface area contributed by atoms with Gasteiger partial charge in [0.2, 0.25) is 5.91 Å². The van der Waals surface area contributed by atoms with Crippen molar-refractivity contribution in [3.05, 3.63) is 0 Å². The zero-order chi connectivity index (χ0) is 12.5. The minimum Gasteiger partial charge on any atom is -0.385 e. The molecule has 0 bridgehead atoms. The second-order valence-electron chi connectivity index (χ2n) is 3.94. The van der Waals surface area contributed by atoms with Crippen LogP contribution in [0.15, 0.2) is 0 Å². The van der Waals surface area contributed by atoms with Gasteiger partial charge in [0, 0.05) is 45.5 Å². The summed E-state index contributed by atoms with van der Waals surface area (Å²) >= 11 is 1.77. The highest BCUT2D eigenvalue weighted by Gasteiger charge is 2.26. The lowest BCUT2D eigenvalue weighted by Gasteiger charge is -2.25. The molecule has 17 heavy (non-hydrogen) atoms. The van der Waals surface area contributed by atoms with E-state index < -0.39 is 0 Å². The highest BCUT2D eigenvalue weighted by molar-refractivity contribution is 7.99. The average Bonchev–Trinajstić information content (AvgIpc) is 2.86. The monoisotopic (exact) mass is 262 g/mol. The van der Waals surface area contributed by atoms with Crippen LogP contribution in [0.3, 0.4) is 0 Å². The maximum absolute atomic E-state index is 12.2. The molecule has 1 heterocycles. The van der Waals surface area contributed by atoms with Crippen LogP contribution in [-0.2, 0) is 14.3 Å². The molecular formula is C11H22N2O3S. The molecule has 100 valence electrons. The number of hydrogen-bond donors (Lipinski definition) is 1. The highest BCUT2D eigenvalue weighted by atomic mass is 32.2. The third kappa shape index (κ3) is 5.25. The molecule has 0 saturated carbocycles. The average molecular weight is 262 g/mol. The number of nitrogens with one attached hydrogen (secondary N) is 1. The summed E-state index contributed by atoms with van der Waals surface area (Å²) in [5.41, 5.74) is 0. The number of amides is 1. The van der Waals surface area contributed by atoms with Crippen LogP contribution in [0.1, 0.15) is 6.42 Å². The van der Waals surface area contributed by atoms with E-state index in [1.165, 1.54) is 0 Å². The van der Waals surface area contributed by atoms with Crippen LogP contribution in [0.4, 0.5) is 0 Å². The Kier molecular flexibility index (Phi) is 7.59. The Bertz CT molecular complexity index is 223. The lowest BCUT2D eigenvalue weighted by Crippen LogP contribution is -2.46. The SMILES string of the molecule is COCCCN(CCOC)C(=O)C1CSCN1. The molecule has 1 aliphatic rings. The van der Waals surface area contributed by atoms with Crippen molar-refractivity contribution in [1.29, 1.82) is 0 Å². The van der Waals surface area contributed by atoms with Crippen LogP contribution in [0, 0.1) is 0 Å². The van der Waals surface area contributed by atoms with Crippen LogP contribution >= 0.6 is 11.8 Å². The maximum atomic E-state index is 12.2. The lowest BCUT2D eigenvalue weighted by atomic mass is 10.2. The second-order valence-corrected chi connectivity index (χ2v) is 4.97.